The Bertz CT molecular complexity index is 3370. The van der Waals surface area contributed by atoms with Gasteiger partial charge >= 0.3 is 23.6 Å². The van der Waals surface area contributed by atoms with E-state index < -0.39 is 60.4 Å². The standard InChI is InChI=1S/C19H7F7O4S.C18H15OP.C17H17OP.Eu/c20-17(21,18(22,23)19(24,25)26)15(28)11-12(27)9-6-5-8-7-3-1-2-4-10(7)31-14(8)13(9)30-16(11)29;19-20(16-10-4-1-5-11-16,17-12-6-2-7-13-17)18-14-8-3-9-15-18;1-3-15(4-2)19(18,16-11-7-5-8-12-16)17-13-9-6-10-14-17;/h1-6,27H;1-15H;3-14H,1H2,2H3;/b;;15-4+;. The number of rotatable bonds is 10. The molecule has 0 aliphatic heterocycles. The molecule has 0 fully saturated rings. The molecule has 0 spiro atoms. The number of fused-ring (bicyclic) bond motifs is 5. The molecule has 0 aliphatic carbocycles. The fourth-order valence-corrected chi connectivity index (χ4v) is 14.2. The molecule has 1 radical (unpaired) electrons. The molecule has 0 atom stereocenters. The van der Waals surface area contributed by atoms with Gasteiger partial charge in [0.1, 0.15) is 5.75 Å². The Morgan fingerprint density at radius 1 is 0.592 bits per heavy atom. The minimum Gasteiger partial charge on any atom is -0.506 e. The van der Waals surface area contributed by atoms with Crippen molar-refractivity contribution >= 4 is 89.1 Å². The van der Waals surface area contributed by atoms with Gasteiger partial charge in [-0.05, 0) is 19.1 Å². The molecule has 6 nitrogen and oxygen atoms in total. The summed E-state index contributed by atoms with van der Waals surface area (Å²) in [7, 11) is -5.57. The summed E-state index contributed by atoms with van der Waals surface area (Å²) in [5, 5.41) is 16.1. The Hall–Kier alpha value is -5.53. The Labute approximate surface area is 447 Å². The van der Waals surface area contributed by atoms with Crippen molar-refractivity contribution in [3.8, 4) is 5.75 Å². The van der Waals surface area contributed by atoms with Crippen molar-refractivity contribution in [3.05, 3.63) is 228 Å². The predicted molar refractivity (Wildman–Crippen MR) is 267 cm³/mol. The minimum absolute atomic E-state index is 0. The van der Waals surface area contributed by atoms with Gasteiger partial charge in [-0.2, -0.15) is 30.7 Å². The van der Waals surface area contributed by atoms with E-state index in [0.717, 1.165) is 59.3 Å². The maximum atomic E-state index is 13.8. The number of aromatic hydroxyl groups is 1. The van der Waals surface area contributed by atoms with Gasteiger partial charge < -0.3 is 18.7 Å². The fourth-order valence-electron chi connectivity index (χ4n) is 7.62. The molecule has 71 heavy (non-hydrogen) atoms. The van der Waals surface area contributed by atoms with Crippen molar-refractivity contribution in [2.75, 3.05) is 0 Å². The zero-order valence-corrected chi connectivity index (χ0v) is 42.1. The van der Waals surface area contributed by atoms with Crippen LogP contribution in [0, 0.1) is 49.4 Å². The third-order valence-electron chi connectivity index (χ3n) is 11.1. The molecule has 7 aromatic carbocycles. The van der Waals surface area contributed by atoms with E-state index in [1.165, 1.54) is 6.07 Å². The molecule has 0 aliphatic rings. The number of Topliss-reactive ketones (excluding diaryl/α,β-unsaturated/α-hetero) is 1. The van der Waals surface area contributed by atoms with E-state index in [2.05, 4.69) is 6.58 Å². The normalized spacial score (nSPS) is 12.3. The van der Waals surface area contributed by atoms with Crippen LogP contribution in [0.1, 0.15) is 17.3 Å². The van der Waals surface area contributed by atoms with Gasteiger partial charge in [-0.15, -0.1) is 11.3 Å². The first-order valence-electron chi connectivity index (χ1n) is 21.1. The van der Waals surface area contributed by atoms with Crippen LogP contribution >= 0.6 is 25.6 Å². The molecule has 2 heterocycles. The topological polar surface area (TPSA) is 102 Å². The summed E-state index contributed by atoms with van der Waals surface area (Å²) in [6.45, 7) is 5.71. The van der Waals surface area contributed by atoms with Crippen LogP contribution in [0.15, 0.2) is 221 Å². The van der Waals surface area contributed by atoms with Crippen LogP contribution in [-0.2, 0) is 9.13 Å². The first-order chi connectivity index (χ1) is 33.3. The second kappa shape index (κ2) is 22.5. The number of carbonyl (C=O) groups excluding carboxylic acids is 1. The molecule has 0 saturated carbocycles. The van der Waals surface area contributed by atoms with Gasteiger partial charge in [0.25, 0.3) is 0 Å². The SMILES string of the molecule is C=C/C(=C\C)P(=O)(c1ccccc1)c1ccccc1.O=C(c1c(O)c2ccc3c4ccccc4sc3c2oc1=O)C(F)(F)C(F)(F)C(F)(F)F.O=P(c1ccccc1)(c1ccccc1)c1ccccc1.[Eu]. The predicted octanol–water partition coefficient (Wildman–Crippen LogP) is 13.3. The average molecular weight is 1160 g/mol. The van der Waals surface area contributed by atoms with E-state index in [-0.39, 0.29) is 59.7 Å². The molecule has 0 amide bonds. The summed E-state index contributed by atoms with van der Waals surface area (Å²) in [6.07, 6.45) is -3.21. The molecule has 9 rings (SSSR count). The number of hydrogen-bond donors (Lipinski definition) is 1. The zero-order chi connectivity index (χ0) is 50.5. The molecule has 0 unspecified atom stereocenters. The van der Waals surface area contributed by atoms with Crippen LogP contribution in [0.5, 0.6) is 5.75 Å². The van der Waals surface area contributed by atoms with Crippen LogP contribution in [0.4, 0.5) is 30.7 Å². The van der Waals surface area contributed by atoms with Crippen molar-refractivity contribution in [2.45, 2.75) is 24.9 Å². The molecule has 0 bridgehead atoms. The largest absolute Gasteiger partial charge is 0.506 e. The smallest absolute Gasteiger partial charge is 0.460 e. The first-order valence-corrected chi connectivity index (χ1v) is 25.3. The van der Waals surface area contributed by atoms with Crippen LogP contribution in [0.25, 0.3) is 31.1 Å². The Kier molecular flexibility index (Phi) is 17.4. The van der Waals surface area contributed by atoms with Crippen LogP contribution < -0.4 is 32.1 Å². The van der Waals surface area contributed by atoms with E-state index in [4.69, 9.17) is 4.42 Å². The molecule has 9 aromatic rings. The van der Waals surface area contributed by atoms with Crippen molar-refractivity contribution in [3.63, 3.8) is 0 Å². The van der Waals surface area contributed by atoms with Gasteiger partial charge in [0.2, 0.25) is 5.78 Å². The first kappa shape index (κ1) is 54.8. The number of benzene rings is 7. The number of carbonyl (C=O) groups is 1. The van der Waals surface area contributed by atoms with E-state index in [0.29, 0.717) is 5.39 Å². The number of allylic oxidation sites excluding steroid dienone is 3. The van der Waals surface area contributed by atoms with Crippen molar-refractivity contribution in [2.24, 2.45) is 0 Å². The minimum atomic E-state index is -6.79. The van der Waals surface area contributed by atoms with Gasteiger partial charge in [-0.25, -0.2) is 4.79 Å². The van der Waals surface area contributed by atoms with Crippen LogP contribution in [0.2, 0.25) is 0 Å². The van der Waals surface area contributed by atoms with Crippen molar-refractivity contribution in [1.29, 1.82) is 0 Å². The van der Waals surface area contributed by atoms with Gasteiger partial charge in [0, 0.05) is 96.7 Å². The van der Waals surface area contributed by atoms with Crippen molar-refractivity contribution in [1.82, 2.24) is 0 Å². The summed E-state index contributed by atoms with van der Waals surface area (Å²) in [6, 6.07) is 57.7. The summed E-state index contributed by atoms with van der Waals surface area (Å²) in [5.74, 6) is -17.8. The number of thiophene rings is 1. The van der Waals surface area contributed by atoms with E-state index in [1.807, 2.05) is 165 Å². The van der Waals surface area contributed by atoms with Gasteiger partial charge in [0.15, 0.2) is 25.4 Å². The van der Waals surface area contributed by atoms with E-state index in [9.17, 15) is 54.6 Å². The Morgan fingerprint density at radius 2 is 0.986 bits per heavy atom. The average Bonchev–Trinajstić information content (AvgIpc) is 3.77. The van der Waals surface area contributed by atoms with Gasteiger partial charge in [0.05, 0.1) is 10.1 Å². The maximum Gasteiger partial charge on any atom is 0.460 e. The summed E-state index contributed by atoms with van der Waals surface area (Å²) in [5.41, 5.74) is -4.30. The summed E-state index contributed by atoms with van der Waals surface area (Å²) >= 11 is 1.09. The van der Waals surface area contributed by atoms with Crippen LogP contribution in [0.3, 0.4) is 0 Å². The molecule has 1 N–H and O–H groups in total. The second-order valence-electron chi connectivity index (χ2n) is 15.3. The molecule has 363 valence electrons. The van der Waals surface area contributed by atoms with E-state index >= 15 is 0 Å². The molecular formula is C54H39EuF7O6P2S. The van der Waals surface area contributed by atoms with Gasteiger partial charge in [-0.3, -0.25) is 4.79 Å². The van der Waals surface area contributed by atoms with E-state index in [1.54, 1.807) is 30.3 Å². The maximum absolute atomic E-state index is 13.8. The second-order valence-corrected chi connectivity index (χ2v) is 21.9. The summed E-state index contributed by atoms with van der Waals surface area (Å²) < 4.78 is 125. The molecule has 2 aromatic heterocycles. The number of alkyl halides is 7. The summed E-state index contributed by atoms with van der Waals surface area (Å²) in [4.78, 5) is 24.1. The third kappa shape index (κ3) is 10.5. The van der Waals surface area contributed by atoms with Gasteiger partial charge in [-0.1, -0.05) is 195 Å². The Morgan fingerprint density at radius 3 is 1.39 bits per heavy atom. The molecule has 17 heteroatoms. The van der Waals surface area contributed by atoms with Crippen molar-refractivity contribution < 1.29 is 104 Å². The monoisotopic (exact) mass is 1160 g/mol. The molecular weight excluding hydrogens is 1120 g/mol. The fraction of sp³-hybridized carbons (Fsp3) is 0.0741. The van der Waals surface area contributed by atoms with Crippen LogP contribution in [-0.4, -0.2) is 28.9 Å². The molecule has 0 saturated heterocycles. The number of halogens is 7. The Balaban J connectivity index is 0.000000181. The zero-order valence-electron chi connectivity index (χ0n) is 37.1. The quantitative estimate of drug-likeness (QED) is 0.0481. The number of ketones is 1. The third-order valence-corrected chi connectivity index (χ3v) is 18.6. The number of hydrogen-bond acceptors (Lipinski definition) is 7.